The molecule has 134 valence electrons. The van der Waals surface area contributed by atoms with Gasteiger partial charge in [-0.1, -0.05) is 23.7 Å². The zero-order valence-electron chi connectivity index (χ0n) is 14.2. The number of hydrogen-bond acceptors (Lipinski definition) is 5. The Balaban J connectivity index is 1.98. The molecule has 0 saturated heterocycles. The second-order valence-electron chi connectivity index (χ2n) is 5.77. The van der Waals surface area contributed by atoms with E-state index in [0.29, 0.717) is 27.9 Å². The van der Waals surface area contributed by atoms with Crippen molar-refractivity contribution in [3.05, 3.63) is 75.9 Å². The van der Waals surface area contributed by atoms with Gasteiger partial charge >= 0.3 is 0 Å². The van der Waals surface area contributed by atoms with E-state index in [2.05, 4.69) is 10.1 Å². The molecule has 4 rings (SSSR count). The van der Waals surface area contributed by atoms with Crippen molar-refractivity contribution in [2.24, 2.45) is 0 Å². The smallest absolute Gasteiger partial charge is 0.269 e. The molecule has 0 atom stereocenters. The summed E-state index contributed by atoms with van der Waals surface area (Å²) in [6.45, 7) is 0. The number of imidazole rings is 1. The molecule has 0 aliphatic heterocycles. The summed E-state index contributed by atoms with van der Waals surface area (Å²) < 4.78 is 6.95. The van der Waals surface area contributed by atoms with E-state index in [0.717, 1.165) is 11.1 Å². The van der Waals surface area contributed by atoms with E-state index in [-0.39, 0.29) is 5.69 Å². The molecule has 7 nitrogen and oxygen atoms in total. The molecule has 0 amide bonds. The van der Waals surface area contributed by atoms with Crippen molar-refractivity contribution in [1.29, 1.82) is 0 Å². The van der Waals surface area contributed by atoms with E-state index in [1.165, 1.54) is 12.1 Å². The van der Waals surface area contributed by atoms with Crippen LogP contribution in [0.3, 0.4) is 0 Å². The van der Waals surface area contributed by atoms with Crippen molar-refractivity contribution in [2.45, 2.75) is 0 Å². The first kappa shape index (κ1) is 17.0. The maximum atomic E-state index is 11.0. The Morgan fingerprint density at radius 1 is 1.07 bits per heavy atom. The van der Waals surface area contributed by atoms with Crippen LogP contribution in [0.4, 0.5) is 5.69 Å². The number of rotatable bonds is 4. The van der Waals surface area contributed by atoms with Crippen molar-refractivity contribution in [2.75, 3.05) is 7.11 Å². The van der Waals surface area contributed by atoms with E-state index < -0.39 is 4.92 Å². The van der Waals surface area contributed by atoms with Gasteiger partial charge in [0, 0.05) is 23.3 Å². The van der Waals surface area contributed by atoms with Gasteiger partial charge < -0.3 is 4.74 Å². The van der Waals surface area contributed by atoms with Crippen molar-refractivity contribution in [3.8, 4) is 28.3 Å². The fourth-order valence-electron chi connectivity index (χ4n) is 2.88. The summed E-state index contributed by atoms with van der Waals surface area (Å²) in [6, 6.07) is 17.2. The van der Waals surface area contributed by atoms with Crippen molar-refractivity contribution in [3.63, 3.8) is 0 Å². The number of non-ortho nitro benzene ring substituents is 1. The average molecular weight is 381 g/mol. The lowest BCUT2D eigenvalue weighted by molar-refractivity contribution is -0.384. The normalized spacial score (nSPS) is 10.9. The van der Waals surface area contributed by atoms with Crippen molar-refractivity contribution < 1.29 is 9.66 Å². The SMILES string of the molecule is COc1cccc(-c2nc3ccc(Cl)nn3c2-c2ccc([N+](=O)[O-])cc2)c1. The summed E-state index contributed by atoms with van der Waals surface area (Å²) in [6.07, 6.45) is 0. The van der Waals surface area contributed by atoms with E-state index in [4.69, 9.17) is 16.3 Å². The number of hydrogen-bond donors (Lipinski definition) is 0. The minimum Gasteiger partial charge on any atom is -0.497 e. The number of nitrogens with zero attached hydrogens (tertiary/aromatic N) is 4. The third kappa shape index (κ3) is 3.09. The molecule has 27 heavy (non-hydrogen) atoms. The lowest BCUT2D eigenvalue weighted by Crippen LogP contribution is -1.95. The number of benzene rings is 2. The van der Waals surface area contributed by atoms with Crippen LogP contribution in [0.2, 0.25) is 5.15 Å². The van der Waals surface area contributed by atoms with Crippen LogP contribution < -0.4 is 4.74 Å². The zero-order valence-corrected chi connectivity index (χ0v) is 14.9. The molecule has 0 spiro atoms. The summed E-state index contributed by atoms with van der Waals surface area (Å²) in [5, 5.41) is 15.6. The molecule has 0 bridgehead atoms. The summed E-state index contributed by atoms with van der Waals surface area (Å²) in [4.78, 5) is 15.2. The molecule has 0 aliphatic carbocycles. The molecule has 0 saturated carbocycles. The predicted molar refractivity (Wildman–Crippen MR) is 102 cm³/mol. The van der Waals surface area contributed by atoms with Gasteiger partial charge in [-0.2, -0.15) is 5.10 Å². The third-order valence-electron chi connectivity index (χ3n) is 4.14. The molecular weight excluding hydrogens is 368 g/mol. The Labute approximate surface area is 159 Å². The van der Waals surface area contributed by atoms with E-state index >= 15 is 0 Å². The number of fused-ring (bicyclic) bond motifs is 1. The predicted octanol–water partition coefficient (Wildman–Crippen LogP) is 4.63. The Morgan fingerprint density at radius 3 is 2.56 bits per heavy atom. The number of nitro benzene ring substituents is 1. The van der Waals surface area contributed by atoms with E-state index in [1.54, 1.807) is 35.9 Å². The van der Waals surface area contributed by atoms with Gasteiger partial charge in [0.2, 0.25) is 0 Å². The number of nitro groups is 1. The molecular formula is C19H13ClN4O3. The zero-order chi connectivity index (χ0) is 19.0. The van der Waals surface area contributed by atoms with Gasteiger partial charge in [-0.05, 0) is 36.4 Å². The van der Waals surface area contributed by atoms with Crippen LogP contribution >= 0.6 is 11.6 Å². The van der Waals surface area contributed by atoms with Gasteiger partial charge in [-0.25, -0.2) is 9.50 Å². The molecule has 0 fully saturated rings. The largest absolute Gasteiger partial charge is 0.497 e. The number of ether oxygens (including phenoxy) is 1. The average Bonchev–Trinajstić information content (AvgIpc) is 3.06. The number of methoxy groups -OCH3 is 1. The van der Waals surface area contributed by atoms with Crippen LogP contribution in [0.15, 0.2) is 60.7 Å². The molecule has 2 aromatic carbocycles. The Hall–Kier alpha value is -3.45. The van der Waals surface area contributed by atoms with Crippen LogP contribution in [-0.4, -0.2) is 26.6 Å². The van der Waals surface area contributed by atoms with Crippen LogP contribution in [0.5, 0.6) is 5.75 Å². The maximum Gasteiger partial charge on any atom is 0.269 e. The minimum atomic E-state index is -0.434. The molecule has 8 heteroatoms. The summed E-state index contributed by atoms with van der Waals surface area (Å²) in [7, 11) is 1.60. The molecule has 4 aromatic rings. The molecule has 0 unspecified atom stereocenters. The van der Waals surface area contributed by atoms with Crippen LogP contribution in [0, 0.1) is 10.1 Å². The lowest BCUT2D eigenvalue weighted by Gasteiger charge is -2.06. The summed E-state index contributed by atoms with van der Waals surface area (Å²) in [5.74, 6) is 0.699. The Morgan fingerprint density at radius 2 is 1.85 bits per heavy atom. The first-order valence-electron chi connectivity index (χ1n) is 8.01. The monoisotopic (exact) mass is 380 g/mol. The fourth-order valence-corrected chi connectivity index (χ4v) is 3.02. The highest BCUT2D eigenvalue weighted by Crippen LogP contribution is 2.34. The van der Waals surface area contributed by atoms with E-state index in [1.807, 2.05) is 24.3 Å². The van der Waals surface area contributed by atoms with Gasteiger partial charge in [0.1, 0.15) is 16.6 Å². The molecule has 0 N–H and O–H groups in total. The Kier molecular flexibility index (Phi) is 4.21. The first-order valence-corrected chi connectivity index (χ1v) is 8.39. The van der Waals surface area contributed by atoms with E-state index in [9.17, 15) is 10.1 Å². The molecule has 2 heterocycles. The molecule has 0 aliphatic rings. The van der Waals surface area contributed by atoms with Gasteiger partial charge in [0.15, 0.2) is 5.65 Å². The van der Waals surface area contributed by atoms with Gasteiger partial charge in [0.05, 0.1) is 17.7 Å². The van der Waals surface area contributed by atoms with Crippen LogP contribution in [0.1, 0.15) is 0 Å². The fraction of sp³-hybridized carbons (Fsp3) is 0.0526. The lowest BCUT2D eigenvalue weighted by atomic mass is 10.0. The Bertz CT molecular complexity index is 1160. The topological polar surface area (TPSA) is 82.6 Å². The standard InChI is InChI=1S/C19H13ClN4O3/c1-27-15-4-2-3-13(11-15)18-19(12-5-7-14(8-6-12)24(25)26)23-17(21-18)10-9-16(20)22-23/h2-11H,1H3. The van der Waals surface area contributed by atoms with Gasteiger partial charge in [-0.15, -0.1) is 0 Å². The molecule has 0 radical (unpaired) electrons. The summed E-state index contributed by atoms with van der Waals surface area (Å²) in [5.41, 5.74) is 3.57. The second kappa shape index (κ2) is 6.69. The van der Waals surface area contributed by atoms with Gasteiger partial charge in [0.25, 0.3) is 5.69 Å². The number of aromatic nitrogens is 3. The highest BCUT2D eigenvalue weighted by atomic mass is 35.5. The van der Waals surface area contributed by atoms with Crippen LogP contribution in [-0.2, 0) is 0 Å². The van der Waals surface area contributed by atoms with Crippen molar-refractivity contribution in [1.82, 2.24) is 14.6 Å². The maximum absolute atomic E-state index is 11.0. The highest BCUT2D eigenvalue weighted by molar-refractivity contribution is 6.29. The molecule has 2 aromatic heterocycles. The minimum absolute atomic E-state index is 0.0153. The quantitative estimate of drug-likeness (QED) is 0.380. The van der Waals surface area contributed by atoms with Crippen LogP contribution in [0.25, 0.3) is 28.2 Å². The van der Waals surface area contributed by atoms with Gasteiger partial charge in [-0.3, -0.25) is 10.1 Å². The highest BCUT2D eigenvalue weighted by Gasteiger charge is 2.18. The van der Waals surface area contributed by atoms with Crippen molar-refractivity contribution >= 4 is 22.9 Å². The first-order chi connectivity index (χ1) is 13.1. The number of halogens is 1. The third-order valence-corrected chi connectivity index (χ3v) is 4.34. The second-order valence-corrected chi connectivity index (χ2v) is 6.16. The summed E-state index contributed by atoms with van der Waals surface area (Å²) >= 11 is 6.08.